The van der Waals surface area contributed by atoms with Crippen molar-refractivity contribution in [2.24, 2.45) is 11.7 Å². The number of aromatic nitrogens is 2. The Labute approximate surface area is 256 Å². The fourth-order valence-electron chi connectivity index (χ4n) is 5.70. The Kier molecular flexibility index (Phi) is 15.8. The summed E-state index contributed by atoms with van der Waals surface area (Å²) in [6.45, 7) is 1.50. The topological polar surface area (TPSA) is 151 Å². The van der Waals surface area contributed by atoms with Crippen LogP contribution in [0.1, 0.15) is 88.2 Å². The number of imidazole rings is 1. The minimum Gasteiger partial charge on any atom is -0.394 e. The molecular formula is C33H52N6O4. The van der Waals surface area contributed by atoms with Gasteiger partial charge in [0.2, 0.25) is 17.7 Å². The zero-order valence-corrected chi connectivity index (χ0v) is 25.6. The van der Waals surface area contributed by atoms with Gasteiger partial charge in [0.15, 0.2) is 0 Å². The number of carbonyl (C=O) groups is 3. The monoisotopic (exact) mass is 596 g/mol. The van der Waals surface area contributed by atoms with Crippen LogP contribution in [0.2, 0.25) is 0 Å². The van der Waals surface area contributed by atoms with Crippen molar-refractivity contribution >= 4 is 17.7 Å². The predicted octanol–water partition coefficient (Wildman–Crippen LogP) is 3.02. The first-order valence-electron chi connectivity index (χ1n) is 16.2. The summed E-state index contributed by atoms with van der Waals surface area (Å²) in [7, 11) is 0. The lowest BCUT2D eigenvalue weighted by atomic mass is 9.87. The molecule has 6 N–H and O–H groups in total. The Balaban J connectivity index is 1.41. The molecule has 1 fully saturated rings. The van der Waals surface area contributed by atoms with Crippen molar-refractivity contribution in [3.63, 3.8) is 0 Å². The molecule has 0 unspecified atom stereocenters. The van der Waals surface area contributed by atoms with E-state index in [0.29, 0.717) is 31.8 Å². The Morgan fingerprint density at radius 3 is 2.40 bits per heavy atom. The van der Waals surface area contributed by atoms with Gasteiger partial charge in [-0.15, -0.1) is 0 Å². The lowest BCUT2D eigenvalue weighted by Gasteiger charge is -2.24. The van der Waals surface area contributed by atoms with E-state index in [1.54, 1.807) is 6.20 Å². The molecule has 0 spiro atoms. The third-order valence-corrected chi connectivity index (χ3v) is 8.32. The Morgan fingerprint density at radius 1 is 0.930 bits per heavy atom. The molecule has 0 saturated heterocycles. The average molecular weight is 597 g/mol. The van der Waals surface area contributed by atoms with Crippen LogP contribution in [0.25, 0.3) is 0 Å². The van der Waals surface area contributed by atoms with Crippen LogP contribution in [-0.2, 0) is 33.8 Å². The van der Waals surface area contributed by atoms with E-state index in [-0.39, 0.29) is 18.2 Å². The van der Waals surface area contributed by atoms with Crippen molar-refractivity contribution in [2.75, 3.05) is 19.7 Å². The Hall–Kier alpha value is -3.24. The van der Waals surface area contributed by atoms with Gasteiger partial charge in [-0.25, -0.2) is 4.98 Å². The molecule has 238 valence electrons. The number of rotatable bonds is 20. The third kappa shape index (κ3) is 13.3. The second-order valence-corrected chi connectivity index (χ2v) is 11.8. The summed E-state index contributed by atoms with van der Waals surface area (Å²) in [6, 6.07) is 6.05. The number of carbonyl (C=O) groups excluding carboxylic acids is 3. The first kappa shape index (κ1) is 34.3. The highest BCUT2D eigenvalue weighted by Gasteiger charge is 2.26. The van der Waals surface area contributed by atoms with E-state index in [4.69, 9.17) is 5.73 Å². The second kappa shape index (κ2) is 19.9. The number of benzene rings is 1. The number of unbranched alkanes of at least 4 members (excludes halogenated alkanes) is 3. The first-order chi connectivity index (χ1) is 21.0. The smallest absolute Gasteiger partial charge is 0.245 e. The average Bonchev–Trinajstić information content (AvgIpc) is 3.54. The van der Waals surface area contributed by atoms with Gasteiger partial charge in [-0.2, -0.15) is 0 Å². The van der Waals surface area contributed by atoms with Gasteiger partial charge >= 0.3 is 0 Å². The SMILES string of the molecule is NCCCC[C@H](NC(=O)[C@H](CO)NC(=O)Cc1ccc(CCCCCn2ccnc2)cc1)C(=O)NCCC1CCCCC1. The first-order valence-corrected chi connectivity index (χ1v) is 16.2. The molecule has 0 radical (unpaired) electrons. The number of amides is 3. The fourth-order valence-corrected chi connectivity index (χ4v) is 5.70. The van der Waals surface area contributed by atoms with Crippen LogP contribution in [0.5, 0.6) is 0 Å². The van der Waals surface area contributed by atoms with Crippen molar-refractivity contribution in [3.8, 4) is 0 Å². The van der Waals surface area contributed by atoms with E-state index >= 15 is 0 Å². The molecule has 10 nitrogen and oxygen atoms in total. The van der Waals surface area contributed by atoms with Crippen LogP contribution in [-0.4, -0.2) is 64.2 Å². The molecule has 10 heteroatoms. The Bertz CT molecular complexity index is 1070. The van der Waals surface area contributed by atoms with Gasteiger partial charge in [0, 0.05) is 25.5 Å². The van der Waals surface area contributed by atoms with Crippen molar-refractivity contribution in [1.82, 2.24) is 25.5 Å². The van der Waals surface area contributed by atoms with Crippen molar-refractivity contribution in [3.05, 3.63) is 54.1 Å². The maximum Gasteiger partial charge on any atom is 0.245 e. The van der Waals surface area contributed by atoms with E-state index in [1.165, 1.54) is 37.7 Å². The van der Waals surface area contributed by atoms with Crippen molar-refractivity contribution in [1.29, 1.82) is 0 Å². The van der Waals surface area contributed by atoms with Gasteiger partial charge in [-0.3, -0.25) is 14.4 Å². The third-order valence-electron chi connectivity index (χ3n) is 8.32. The van der Waals surface area contributed by atoms with Gasteiger partial charge in [0.05, 0.1) is 19.4 Å². The van der Waals surface area contributed by atoms with Gasteiger partial charge in [-0.05, 0) is 68.5 Å². The number of hydrogen-bond donors (Lipinski definition) is 5. The highest BCUT2D eigenvalue weighted by atomic mass is 16.3. The minimum atomic E-state index is -1.14. The lowest BCUT2D eigenvalue weighted by molar-refractivity contribution is -0.133. The normalized spacial score (nSPS) is 15.0. The Morgan fingerprint density at radius 2 is 1.70 bits per heavy atom. The largest absolute Gasteiger partial charge is 0.394 e. The van der Waals surface area contributed by atoms with E-state index < -0.39 is 24.6 Å². The number of aliphatic hydroxyl groups excluding tert-OH is 1. The quantitative estimate of drug-likeness (QED) is 0.148. The van der Waals surface area contributed by atoms with Gasteiger partial charge in [0.1, 0.15) is 12.1 Å². The minimum absolute atomic E-state index is 0.0938. The molecule has 1 aromatic heterocycles. The zero-order valence-electron chi connectivity index (χ0n) is 25.6. The summed E-state index contributed by atoms with van der Waals surface area (Å²) >= 11 is 0. The van der Waals surface area contributed by atoms with Gasteiger partial charge < -0.3 is 31.4 Å². The predicted molar refractivity (Wildman–Crippen MR) is 168 cm³/mol. The number of nitrogens with zero attached hydrogens (tertiary/aromatic N) is 2. The molecule has 0 bridgehead atoms. The number of aliphatic hydroxyl groups is 1. The van der Waals surface area contributed by atoms with E-state index in [9.17, 15) is 19.5 Å². The molecule has 1 aliphatic carbocycles. The molecular weight excluding hydrogens is 544 g/mol. The van der Waals surface area contributed by atoms with Crippen molar-refractivity contribution < 1.29 is 19.5 Å². The number of aryl methyl sites for hydroxylation is 2. The number of nitrogens with one attached hydrogen (secondary N) is 3. The van der Waals surface area contributed by atoms with Crippen LogP contribution >= 0.6 is 0 Å². The molecule has 1 aromatic carbocycles. The standard InChI is InChI=1S/C33H52N6O4/c34-18-7-6-12-29(32(42)36-19-17-26-9-3-1-4-10-26)38-33(43)30(24-40)37-31(41)23-28-15-13-27(14-16-28)11-5-2-8-21-39-22-20-35-25-39/h13-16,20,22,25-26,29-30,40H,1-12,17-19,21,23-24,34H2,(H,36,42)(H,37,41)(H,38,43)/t29-,30-/m0/s1. The van der Waals surface area contributed by atoms with E-state index in [1.807, 2.05) is 36.8 Å². The molecule has 2 atom stereocenters. The van der Waals surface area contributed by atoms with Gasteiger partial charge in [-0.1, -0.05) is 62.8 Å². The van der Waals surface area contributed by atoms with E-state index in [2.05, 4.69) is 25.5 Å². The zero-order chi connectivity index (χ0) is 30.7. The summed E-state index contributed by atoms with van der Waals surface area (Å²) < 4.78 is 2.09. The summed E-state index contributed by atoms with van der Waals surface area (Å²) in [6.07, 6.45) is 19.0. The highest BCUT2D eigenvalue weighted by molar-refractivity contribution is 5.92. The van der Waals surface area contributed by atoms with Crippen LogP contribution in [0.3, 0.4) is 0 Å². The van der Waals surface area contributed by atoms with Crippen LogP contribution in [0, 0.1) is 5.92 Å². The summed E-state index contributed by atoms with van der Waals surface area (Å²) in [4.78, 5) is 42.7. The number of nitrogens with two attached hydrogens (primary N) is 1. The molecule has 3 amide bonds. The highest BCUT2D eigenvalue weighted by Crippen LogP contribution is 2.25. The maximum atomic E-state index is 13.0. The summed E-state index contributed by atoms with van der Waals surface area (Å²) in [5.74, 6) is -0.520. The molecule has 1 saturated carbocycles. The molecule has 3 rings (SSSR count). The van der Waals surface area contributed by atoms with Crippen LogP contribution < -0.4 is 21.7 Å². The van der Waals surface area contributed by atoms with Gasteiger partial charge in [0.25, 0.3) is 0 Å². The summed E-state index contributed by atoms with van der Waals surface area (Å²) in [5, 5.41) is 18.2. The van der Waals surface area contributed by atoms with Crippen LogP contribution in [0.15, 0.2) is 43.0 Å². The molecule has 0 aliphatic heterocycles. The van der Waals surface area contributed by atoms with Crippen LogP contribution in [0.4, 0.5) is 0 Å². The van der Waals surface area contributed by atoms with Crippen molar-refractivity contribution in [2.45, 2.75) is 109 Å². The fraction of sp³-hybridized carbons (Fsp3) is 0.636. The summed E-state index contributed by atoms with van der Waals surface area (Å²) in [5.41, 5.74) is 7.68. The molecule has 1 aliphatic rings. The molecule has 1 heterocycles. The lowest BCUT2D eigenvalue weighted by Crippen LogP contribution is -2.55. The maximum absolute atomic E-state index is 13.0. The molecule has 43 heavy (non-hydrogen) atoms. The molecule has 2 aromatic rings. The number of hydrogen-bond acceptors (Lipinski definition) is 6. The van der Waals surface area contributed by atoms with E-state index in [0.717, 1.165) is 50.6 Å². The second-order valence-electron chi connectivity index (χ2n) is 11.8.